The van der Waals surface area contributed by atoms with Gasteiger partial charge in [-0.05, 0) is 31.8 Å². The first-order chi connectivity index (χ1) is 6.53. The lowest BCUT2D eigenvalue weighted by atomic mass is 9.99. The molecule has 2 heterocycles. The van der Waals surface area contributed by atoms with Crippen molar-refractivity contribution in [2.75, 3.05) is 13.6 Å². The van der Waals surface area contributed by atoms with Crippen LogP contribution in [-0.2, 0) is 5.60 Å². The van der Waals surface area contributed by atoms with Crippen LogP contribution < -0.4 is 0 Å². The van der Waals surface area contributed by atoms with Crippen molar-refractivity contribution in [1.29, 1.82) is 0 Å². The normalized spacial score (nSPS) is 33.9. The van der Waals surface area contributed by atoms with E-state index in [2.05, 4.69) is 11.8 Å². The van der Waals surface area contributed by atoms with Gasteiger partial charge < -0.3 is 10.0 Å². The molecule has 0 amide bonds. The number of likely N-dealkylation sites (tertiary alicyclic amines) is 1. The Morgan fingerprint density at radius 3 is 2.86 bits per heavy atom. The lowest BCUT2D eigenvalue weighted by Gasteiger charge is -2.21. The summed E-state index contributed by atoms with van der Waals surface area (Å²) in [5.74, 6) is 0. The Kier molecular flexibility index (Phi) is 2.60. The van der Waals surface area contributed by atoms with Gasteiger partial charge in [0, 0.05) is 12.6 Å². The SMILES string of the molecule is CC1CC(O)(c2sccc2Cl)CN1C. The van der Waals surface area contributed by atoms with E-state index in [9.17, 15) is 5.11 Å². The van der Waals surface area contributed by atoms with Crippen molar-refractivity contribution in [3.8, 4) is 0 Å². The molecule has 1 fully saturated rings. The minimum absolute atomic E-state index is 0.415. The van der Waals surface area contributed by atoms with E-state index < -0.39 is 5.60 Å². The molecule has 0 saturated carbocycles. The minimum atomic E-state index is -0.737. The van der Waals surface area contributed by atoms with Crippen molar-refractivity contribution in [2.45, 2.75) is 25.0 Å². The first kappa shape index (κ1) is 10.4. The van der Waals surface area contributed by atoms with Crippen LogP contribution in [0.5, 0.6) is 0 Å². The highest BCUT2D eigenvalue weighted by atomic mass is 35.5. The average molecular weight is 232 g/mol. The molecular formula is C10H14ClNOS. The van der Waals surface area contributed by atoms with Gasteiger partial charge in [0.2, 0.25) is 0 Å². The molecule has 0 aromatic carbocycles. The second kappa shape index (κ2) is 3.49. The van der Waals surface area contributed by atoms with Crippen molar-refractivity contribution < 1.29 is 5.11 Å². The Bertz CT molecular complexity index is 329. The van der Waals surface area contributed by atoms with Gasteiger partial charge >= 0.3 is 0 Å². The van der Waals surface area contributed by atoms with E-state index in [0.29, 0.717) is 17.6 Å². The third kappa shape index (κ3) is 1.58. The molecule has 1 saturated heterocycles. The van der Waals surface area contributed by atoms with Crippen molar-refractivity contribution in [2.24, 2.45) is 0 Å². The number of hydrogen-bond acceptors (Lipinski definition) is 3. The summed E-state index contributed by atoms with van der Waals surface area (Å²) in [5.41, 5.74) is -0.737. The van der Waals surface area contributed by atoms with Gasteiger partial charge in [0.05, 0.1) is 9.90 Å². The van der Waals surface area contributed by atoms with Crippen molar-refractivity contribution >= 4 is 22.9 Å². The summed E-state index contributed by atoms with van der Waals surface area (Å²) in [6, 6.07) is 2.26. The molecule has 4 heteroatoms. The summed E-state index contributed by atoms with van der Waals surface area (Å²) >= 11 is 7.58. The zero-order chi connectivity index (χ0) is 10.3. The molecule has 1 N–H and O–H groups in total. The number of β-amino-alcohol motifs (C(OH)–C–C–N with tert-alkyl or cyclic N) is 1. The van der Waals surface area contributed by atoms with E-state index >= 15 is 0 Å². The summed E-state index contributed by atoms with van der Waals surface area (Å²) in [4.78, 5) is 3.08. The van der Waals surface area contributed by atoms with Crippen molar-refractivity contribution in [3.05, 3.63) is 21.3 Å². The van der Waals surface area contributed by atoms with E-state index in [0.717, 1.165) is 11.3 Å². The van der Waals surface area contributed by atoms with Gasteiger partial charge in [0.1, 0.15) is 5.60 Å². The zero-order valence-corrected chi connectivity index (χ0v) is 9.90. The lowest BCUT2D eigenvalue weighted by Crippen LogP contribution is -2.28. The number of aliphatic hydroxyl groups is 1. The summed E-state index contributed by atoms with van der Waals surface area (Å²) in [7, 11) is 2.03. The van der Waals surface area contributed by atoms with Crippen LogP contribution in [0.15, 0.2) is 11.4 Å². The monoisotopic (exact) mass is 231 g/mol. The van der Waals surface area contributed by atoms with E-state index in [1.54, 1.807) is 11.3 Å². The molecule has 1 aromatic heterocycles. The maximum atomic E-state index is 10.5. The van der Waals surface area contributed by atoms with Crippen LogP contribution in [0.1, 0.15) is 18.2 Å². The van der Waals surface area contributed by atoms with E-state index in [1.165, 1.54) is 0 Å². The predicted octanol–water partition coefficient (Wildman–Crippen LogP) is 2.31. The minimum Gasteiger partial charge on any atom is -0.383 e. The molecule has 0 aliphatic carbocycles. The summed E-state index contributed by atoms with van der Waals surface area (Å²) < 4.78 is 0. The Hall–Kier alpha value is -0.0900. The topological polar surface area (TPSA) is 23.5 Å². The highest BCUT2D eigenvalue weighted by Gasteiger charge is 2.42. The molecule has 1 aromatic rings. The maximum absolute atomic E-state index is 10.5. The second-order valence-corrected chi connectivity index (χ2v) is 5.42. The highest BCUT2D eigenvalue weighted by Crippen LogP contribution is 2.41. The third-order valence-electron chi connectivity index (χ3n) is 2.94. The molecular weight excluding hydrogens is 218 g/mol. The van der Waals surface area contributed by atoms with Crippen LogP contribution in [0.2, 0.25) is 5.02 Å². The number of thiophene rings is 1. The van der Waals surface area contributed by atoms with Crippen LogP contribution in [0.4, 0.5) is 0 Å². The molecule has 1 aliphatic rings. The van der Waals surface area contributed by atoms with Crippen molar-refractivity contribution in [1.82, 2.24) is 4.90 Å². The van der Waals surface area contributed by atoms with Crippen LogP contribution >= 0.6 is 22.9 Å². The van der Waals surface area contributed by atoms with Crippen LogP contribution in [-0.4, -0.2) is 29.6 Å². The fourth-order valence-electron chi connectivity index (χ4n) is 2.07. The Balaban J connectivity index is 2.31. The molecule has 0 bridgehead atoms. The molecule has 78 valence electrons. The van der Waals surface area contributed by atoms with Gasteiger partial charge in [-0.15, -0.1) is 11.3 Å². The largest absolute Gasteiger partial charge is 0.383 e. The fraction of sp³-hybridized carbons (Fsp3) is 0.600. The number of halogens is 1. The average Bonchev–Trinajstić information content (AvgIpc) is 2.59. The van der Waals surface area contributed by atoms with Gasteiger partial charge in [-0.25, -0.2) is 0 Å². The van der Waals surface area contributed by atoms with Gasteiger partial charge in [0.25, 0.3) is 0 Å². The first-order valence-corrected chi connectivity index (χ1v) is 5.95. The molecule has 2 nitrogen and oxygen atoms in total. The zero-order valence-electron chi connectivity index (χ0n) is 8.33. The molecule has 2 unspecified atom stereocenters. The Morgan fingerprint density at radius 1 is 1.71 bits per heavy atom. The first-order valence-electron chi connectivity index (χ1n) is 4.69. The van der Waals surface area contributed by atoms with Crippen LogP contribution in [0.3, 0.4) is 0 Å². The number of nitrogens with zero attached hydrogens (tertiary/aromatic N) is 1. The van der Waals surface area contributed by atoms with E-state index in [1.807, 2.05) is 18.5 Å². The van der Waals surface area contributed by atoms with E-state index in [4.69, 9.17) is 11.6 Å². The quantitative estimate of drug-likeness (QED) is 0.802. The smallest absolute Gasteiger partial charge is 0.114 e. The van der Waals surface area contributed by atoms with Crippen molar-refractivity contribution in [3.63, 3.8) is 0 Å². The van der Waals surface area contributed by atoms with Gasteiger partial charge in [0.15, 0.2) is 0 Å². The van der Waals surface area contributed by atoms with Gasteiger partial charge in [-0.2, -0.15) is 0 Å². The number of likely N-dealkylation sites (N-methyl/N-ethyl adjacent to an activating group) is 1. The molecule has 2 rings (SSSR count). The maximum Gasteiger partial charge on any atom is 0.114 e. The molecule has 0 radical (unpaired) electrons. The molecule has 14 heavy (non-hydrogen) atoms. The highest BCUT2D eigenvalue weighted by molar-refractivity contribution is 7.10. The van der Waals surface area contributed by atoms with Gasteiger partial charge in [-0.3, -0.25) is 0 Å². The van der Waals surface area contributed by atoms with Crippen LogP contribution in [0, 0.1) is 0 Å². The second-order valence-electron chi connectivity index (χ2n) is 4.10. The Morgan fingerprint density at radius 2 is 2.43 bits per heavy atom. The number of rotatable bonds is 1. The lowest BCUT2D eigenvalue weighted by molar-refractivity contribution is 0.0524. The van der Waals surface area contributed by atoms with Gasteiger partial charge in [-0.1, -0.05) is 11.6 Å². The van der Waals surface area contributed by atoms with E-state index in [-0.39, 0.29) is 0 Å². The Labute approximate surface area is 93.1 Å². The fourth-order valence-corrected chi connectivity index (χ4v) is 3.40. The summed E-state index contributed by atoms with van der Waals surface area (Å²) in [5, 5.41) is 13.1. The molecule has 0 spiro atoms. The number of hydrogen-bond donors (Lipinski definition) is 1. The predicted molar refractivity (Wildman–Crippen MR) is 59.9 cm³/mol. The summed E-state index contributed by atoms with van der Waals surface area (Å²) in [6.07, 6.45) is 0.768. The standard InChI is InChI=1S/C10H14ClNOS/c1-7-5-10(13,6-12(7)2)9-8(11)3-4-14-9/h3-4,7,13H,5-6H2,1-2H3. The molecule has 1 aliphatic heterocycles. The van der Waals surface area contributed by atoms with Crippen LogP contribution in [0.25, 0.3) is 0 Å². The molecule has 2 atom stereocenters. The third-order valence-corrected chi connectivity index (χ3v) is 4.47. The summed E-state index contributed by atoms with van der Waals surface area (Å²) in [6.45, 7) is 2.80.